The number of halogens is 1. The molecule has 3 aromatic rings. The van der Waals surface area contributed by atoms with Gasteiger partial charge in [-0.3, -0.25) is 9.59 Å². The molecule has 2 aliphatic heterocycles. The molecule has 0 saturated carbocycles. The van der Waals surface area contributed by atoms with Gasteiger partial charge in [0.05, 0.1) is 17.1 Å². The lowest BCUT2D eigenvalue weighted by Crippen LogP contribution is -2.44. The molecule has 2 heterocycles. The fourth-order valence-electron chi connectivity index (χ4n) is 4.70. The number of nitrogens with one attached hydrogen (secondary N) is 1. The Morgan fingerprint density at radius 3 is 2.47 bits per heavy atom. The minimum absolute atomic E-state index is 0.172. The topological polar surface area (TPSA) is 96.0 Å². The first kappa shape index (κ1) is 26.2. The van der Waals surface area contributed by atoms with E-state index >= 15 is 0 Å². The molecule has 0 aliphatic carbocycles. The molecular weight excluding hydrogens is 526 g/mol. The van der Waals surface area contributed by atoms with E-state index in [1.54, 1.807) is 42.2 Å². The van der Waals surface area contributed by atoms with Gasteiger partial charge in [-0.1, -0.05) is 30.2 Å². The summed E-state index contributed by atoms with van der Waals surface area (Å²) in [5.41, 5.74) is 2.19. The summed E-state index contributed by atoms with van der Waals surface area (Å²) in [6.07, 6.45) is 2.09. The van der Waals surface area contributed by atoms with Gasteiger partial charge < -0.3 is 15.0 Å². The average Bonchev–Trinajstić information content (AvgIpc) is 2.92. The van der Waals surface area contributed by atoms with Gasteiger partial charge in [0.2, 0.25) is 10.0 Å². The monoisotopic (exact) mass is 553 g/mol. The third kappa shape index (κ3) is 5.41. The van der Waals surface area contributed by atoms with Crippen LogP contribution in [0.4, 0.5) is 11.4 Å². The van der Waals surface area contributed by atoms with Gasteiger partial charge in [0.25, 0.3) is 11.8 Å². The minimum Gasteiger partial charge on any atom is -0.479 e. The fourth-order valence-corrected chi connectivity index (χ4v) is 6.43. The molecule has 5 rings (SSSR count). The summed E-state index contributed by atoms with van der Waals surface area (Å²) in [6.45, 7) is 3.02. The second kappa shape index (κ2) is 10.8. The molecule has 0 spiro atoms. The summed E-state index contributed by atoms with van der Waals surface area (Å²) in [5.74, 6) is -0.0689. The number of ether oxygens (including phenoxy) is 1. The minimum atomic E-state index is -3.58. The summed E-state index contributed by atoms with van der Waals surface area (Å²) < 4.78 is 33.1. The molecule has 2 aliphatic rings. The number of hydrogen-bond acceptors (Lipinski definition) is 5. The van der Waals surface area contributed by atoms with Crippen LogP contribution in [0.5, 0.6) is 5.75 Å². The van der Waals surface area contributed by atoms with Crippen LogP contribution >= 0.6 is 11.6 Å². The number of anilines is 2. The van der Waals surface area contributed by atoms with E-state index in [0.29, 0.717) is 47.3 Å². The van der Waals surface area contributed by atoms with E-state index in [1.807, 2.05) is 12.1 Å². The summed E-state index contributed by atoms with van der Waals surface area (Å²) in [4.78, 5) is 27.7. The maximum absolute atomic E-state index is 13.0. The molecule has 0 aromatic heterocycles. The number of hydrogen-bond donors (Lipinski definition) is 1. The number of fused-ring (bicyclic) bond motifs is 1. The molecule has 1 N–H and O–H groups in total. The van der Waals surface area contributed by atoms with Crippen LogP contribution in [0.2, 0.25) is 5.02 Å². The summed E-state index contributed by atoms with van der Waals surface area (Å²) in [5, 5.41) is 3.41. The zero-order chi connectivity index (χ0) is 26.9. The number of amides is 2. The molecule has 1 atom stereocenters. The number of carbonyl (C=O) groups excluding carboxylic acids is 2. The summed E-state index contributed by atoms with van der Waals surface area (Å²) in [7, 11) is -3.58. The van der Waals surface area contributed by atoms with Gasteiger partial charge in [0.1, 0.15) is 5.75 Å². The van der Waals surface area contributed by atoms with Crippen molar-refractivity contribution in [2.45, 2.75) is 43.7 Å². The zero-order valence-electron chi connectivity index (χ0n) is 20.9. The Hall–Kier alpha value is -3.40. The standard InChI is InChI=1S/C28H28ClN3O5S/c1-19-28(34)32(18-20-6-5-7-22(29)16-20)25-17-23(10-13-26(25)37-19)30-27(33)21-8-11-24(12-9-21)38(35,36)31-14-3-2-4-15-31/h5-13,16-17,19H,2-4,14-15,18H2,1H3,(H,30,33). The number of carbonyl (C=O) groups is 2. The number of benzene rings is 3. The van der Waals surface area contributed by atoms with E-state index in [2.05, 4.69) is 5.32 Å². The van der Waals surface area contributed by atoms with Crippen molar-refractivity contribution in [3.63, 3.8) is 0 Å². The van der Waals surface area contributed by atoms with Crippen LogP contribution in [0.15, 0.2) is 71.6 Å². The maximum atomic E-state index is 13.0. The number of nitrogens with zero attached hydrogens (tertiary/aromatic N) is 2. The zero-order valence-corrected chi connectivity index (χ0v) is 22.5. The SMILES string of the molecule is CC1Oc2ccc(NC(=O)c3ccc(S(=O)(=O)N4CCCCC4)cc3)cc2N(Cc2cccc(Cl)c2)C1=O. The number of sulfonamides is 1. The van der Waals surface area contributed by atoms with Gasteiger partial charge in [0.15, 0.2) is 6.10 Å². The van der Waals surface area contributed by atoms with Crippen molar-refractivity contribution < 1.29 is 22.7 Å². The normalized spacial score (nSPS) is 18.0. The quantitative estimate of drug-likeness (QED) is 0.459. The van der Waals surface area contributed by atoms with Crippen LogP contribution in [0.25, 0.3) is 0 Å². The molecular formula is C28H28ClN3O5S. The second-order valence-electron chi connectivity index (χ2n) is 9.44. The summed E-state index contributed by atoms with van der Waals surface area (Å²) >= 11 is 6.13. The highest BCUT2D eigenvalue weighted by atomic mass is 35.5. The lowest BCUT2D eigenvalue weighted by molar-refractivity contribution is -0.125. The molecule has 1 fully saturated rings. The first-order chi connectivity index (χ1) is 18.2. The predicted octanol–water partition coefficient (Wildman–Crippen LogP) is 5.08. The average molecular weight is 554 g/mol. The molecule has 0 radical (unpaired) electrons. The van der Waals surface area contributed by atoms with Crippen molar-refractivity contribution in [1.82, 2.24) is 4.31 Å². The van der Waals surface area contributed by atoms with Gasteiger partial charge in [-0.05, 0) is 79.9 Å². The Kier molecular flexibility index (Phi) is 7.43. The highest BCUT2D eigenvalue weighted by molar-refractivity contribution is 7.89. The van der Waals surface area contributed by atoms with E-state index in [-0.39, 0.29) is 10.8 Å². The van der Waals surface area contributed by atoms with E-state index in [0.717, 1.165) is 24.8 Å². The van der Waals surface area contributed by atoms with E-state index in [9.17, 15) is 18.0 Å². The summed E-state index contributed by atoms with van der Waals surface area (Å²) in [6, 6.07) is 18.3. The molecule has 38 heavy (non-hydrogen) atoms. The first-order valence-electron chi connectivity index (χ1n) is 12.5. The van der Waals surface area contributed by atoms with Crippen LogP contribution in [-0.4, -0.2) is 43.7 Å². The van der Waals surface area contributed by atoms with Crippen molar-refractivity contribution in [2.24, 2.45) is 0 Å². The molecule has 198 valence electrons. The van der Waals surface area contributed by atoms with Gasteiger partial charge >= 0.3 is 0 Å². The Balaban J connectivity index is 1.34. The second-order valence-corrected chi connectivity index (χ2v) is 11.8. The van der Waals surface area contributed by atoms with E-state index in [1.165, 1.54) is 28.6 Å². The van der Waals surface area contributed by atoms with Crippen LogP contribution < -0.4 is 15.0 Å². The van der Waals surface area contributed by atoms with Gasteiger partial charge in [0, 0.05) is 29.4 Å². The van der Waals surface area contributed by atoms with Crippen LogP contribution in [-0.2, 0) is 21.4 Å². The largest absolute Gasteiger partial charge is 0.479 e. The Bertz CT molecular complexity index is 1470. The molecule has 0 bridgehead atoms. The number of piperidine rings is 1. The molecule has 10 heteroatoms. The van der Waals surface area contributed by atoms with Crippen molar-refractivity contribution >= 4 is 44.8 Å². The molecule has 3 aromatic carbocycles. The molecule has 2 amide bonds. The van der Waals surface area contributed by atoms with Crippen LogP contribution in [0.3, 0.4) is 0 Å². The first-order valence-corrected chi connectivity index (χ1v) is 14.3. The van der Waals surface area contributed by atoms with Gasteiger partial charge in [-0.25, -0.2) is 8.42 Å². The fraction of sp³-hybridized carbons (Fsp3) is 0.286. The van der Waals surface area contributed by atoms with Crippen molar-refractivity contribution in [1.29, 1.82) is 0 Å². The molecule has 8 nitrogen and oxygen atoms in total. The molecule has 1 unspecified atom stereocenters. The van der Waals surface area contributed by atoms with E-state index < -0.39 is 22.0 Å². The van der Waals surface area contributed by atoms with E-state index in [4.69, 9.17) is 16.3 Å². The van der Waals surface area contributed by atoms with Crippen LogP contribution in [0, 0.1) is 0 Å². The highest BCUT2D eigenvalue weighted by Gasteiger charge is 2.32. The van der Waals surface area contributed by atoms with Crippen molar-refractivity contribution in [3.05, 3.63) is 82.9 Å². The number of rotatable bonds is 6. The van der Waals surface area contributed by atoms with Crippen molar-refractivity contribution in [3.8, 4) is 5.75 Å². The smallest absolute Gasteiger partial charge is 0.268 e. The Morgan fingerprint density at radius 1 is 1.03 bits per heavy atom. The van der Waals surface area contributed by atoms with Crippen molar-refractivity contribution in [2.75, 3.05) is 23.3 Å². The van der Waals surface area contributed by atoms with Crippen LogP contribution in [0.1, 0.15) is 42.1 Å². The van der Waals surface area contributed by atoms with Gasteiger partial charge in [-0.2, -0.15) is 4.31 Å². The third-order valence-corrected chi connectivity index (χ3v) is 8.87. The van der Waals surface area contributed by atoms with Gasteiger partial charge in [-0.15, -0.1) is 0 Å². The molecule has 1 saturated heterocycles. The lowest BCUT2D eigenvalue weighted by Gasteiger charge is -2.33. The highest BCUT2D eigenvalue weighted by Crippen LogP contribution is 2.37. The predicted molar refractivity (Wildman–Crippen MR) is 146 cm³/mol. The maximum Gasteiger partial charge on any atom is 0.268 e. The lowest BCUT2D eigenvalue weighted by atomic mass is 10.1. The Morgan fingerprint density at radius 2 is 1.76 bits per heavy atom. The third-order valence-electron chi connectivity index (χ3n) is 6.72. The Labute approximate surface area is 227 Å².